The molecule has 1 aliphatic carbocycles. The number of aromatic nitrogens is 1. The van der Waals surface area contributed by atoms with Crippen LogP contribution in [0.3, 0.4) is 0 Å². The van der Waals surface area contributed by atoms with E-state index in [2.05, 4.69) is 28.6 Å². The van der Waals surface area contributed by atoms with Crippen molar-refractivity contribution in [3.8, 4) is 0 Å². The predicted octanol–water partition coefficient (Wildman–Crippen LogP) is 8.92. The van der Waals surface area contributed by atoms with Gasteiger partial charge in [-0.05, 0) is 61.6 Å². The van der Waals surface area contributed by atoms with Crippen molar-refractivity contribution >= 4 is 22.8 Å². The molecule has 0 spiro atoms. The van der Waals surface area contributed by atoms with Crippen molar-refractivity contribution in [1.29, 1.82) is 0 Å². The fourth-order valence-electron chi connectivity index (χ4n) is 4.23. The second-order valence-electron chi connectivity index (χ2n) is 8.41. The van der Waals surface area contributed by atoms with Gasteiger partial charge >= 0.3 is 5.97 Å². The van der Waals surface area contributed by atoms with Crippen LogP contribution in [0.15, 0.2) is 91.2 Å². The Morgan fingerprint density at radius 1 is 1.00 bits per heavy atom. The normalized spacial score (nSPS) is 13.2. The van der Waals surface area contributed by atoms with Gasteiger partial charge < -0.3 is 15.0 Å². The highest BCUT2D eigenvalue weighted by molar-refractivity contribution is 6.06. The third-order valence-electron chi connectivity index (χ3n) is 6.10. The maximum atomic E-state index is 13.4. The quantitative estimate of drug-likeness (QED) is 0.214. The molecule has 2 N–H and O–H groups in total. The van der Waals surface area contributed by atoms with E-state index in [-0.39, 0.29) is 11.5 Å². The number of carbonyl (C=O) groups is 2. The highest BCUT2D eigenvalue weighted by Gasteiger charge is 2.46. The molecule has 0 unspecified atom stereocenters. The smallest absolute Gasteiger partial charge is 0.335 e. The molecule has 39 heavy (non-hydrogen) atoms. The molecule has 0 atom stereocenters. The van der Waals surface area contributed by atoms with Crippen LogP contribution in [0.25, 0.3) is 10.9 Å². The molecule has 1 amide bonds. The number of hydrogen-bond acceptors (Lipinski definition) is 2. The van der Waals surface area contributed by atoms with Crippen molar-refractivity contribution in [2.24, 2.45) is 0 Å². The Hall–Kier alpha value is -3.86. The molecule has 1 saturated carbocycles. The van der Waals surface area contributed by atoms with E-state index >= 15 is 0 Å². The minimum absolute atomic E-state index is 0.122. The zero-order valence-electron chi connectivity index (χ0n) is 24.8. The number of hydrogen-bond donors (Lipinski definition) is 2. The molecule has 3 aromatic rings. The summed E-state index contributed by atoms with van der Waals surface area (Å²) in [5.41, 5.74) is 3.43. The predicted molar refractivity (Wildman–Crippen MR) is 165 cm³/mol. The minimum atomic E-state index is -0.956. The molecule has 0 aliphatic heterocycles. The molecule has 0 bridgehead atoms. The summed E-state index contributed by atoms with van der Waals surface area (Å²) in [5, 5.41) is 13.4. The van der Waals surface area contributed by atoms with Crippen LogP contribution in [0.5, 0.6) is 0 Å². The Bertz CT molecular complexity index is 1260. The van der Waals surface area contributed by atoms with Gasteiger partial charge in [-0.25, -0.2) is 4.79 Å². The first-order chi connectivity index (χ1) is 19.0. The van der Waals surface area contributed by atoms with Crippen LogP contribution in [0.1, 0.15) is 94.0 Å². The van der Waals surface area contributed by atoms with Gasteiger partial charge in [-0.2, -0.15) is 0 Å². The third-order valence-corrected chi connectivity index (χ3v) is 6.10. The number of carboxylic acids is 1. The number of amides is 1. The molecule has 4 rings (SSSR count). The standard InChI is InChI=1S/C28H28N2O3.3C2H6/c1-3-5-8-20(7-4-2)19-30-18-15-21-9-6-10-24(25(21)30)26(31)29-28(16-17-28)23-13-11-22(12-14-23)27(32)33;3*1-2/h3-4,6-15,18H,1,5,16-17,19H2,2H3,(H,29,31)(H,32,33);3*1-2H3/b7-4-,20-8+;;;. The average Bonchev–Trinajstić information content (AvgIpc) is 3.66. The van der Waals surface area contributed by atoms with E-state index in [0.29, 0.717) is 12.1 Å². The van der Waals surface area contributed by atoms with E-state index in [1.807, 2.05) is 91.1 Å². The number of carboxylic acid groups (broad SMARTS) is 1. The highest BCUT2D eigenvalue weighted by Crippen LogP contribution is 2.46. The first kappa shape index (κ1) is 33.2. The number of para-hydroxylation sites is 1. The molecular formula is C34H46N2O3. The number of aromatic carboxylic acids is 1. The van der Waals surface area contributed by atoms with Gasteiger partial charge in [0, 0.05) is 18.1 Å². The summed E-state index contributed by atoms with van der Waals surface area (Å²) < 4.78 is 2.11. The molecule has 1 aromatic heterocycles. The monoisotopic (exact) mass is 530 g/mol. The lowest BCUT2D eigenvalue weighted by Crippen LogP contribution is -2.35. The fourth-order valence-corrected chi connectivity index (χ4v) is 4.23. The van der Waals surface area contributed by atoms with Gasteiger partial charge in [0.25, 0.3) is 5.91 Å². The third kappa shape index (κ3) is 8.57. The number of benzene rings is 2. The van der Waals surface area contributed by atoms with Gasteiger partial charge in [0.1, 0.15) is 0 Å². The molecular weight excluding hydrogens is 484 g/mol. The second-order valence-corrected chi connectivity index (χ2v) is 8.41. The van der Waals surface area contributed by atoms with Crippen molar-refractivity contribution in [2.45, 2.75) is 79.8 Å². The molecule has 5 heteroatoms. The first-order valence-electron chi connectivity index (χ1n) is 14.1. The summed E-state index contributed by atoms with van der Waals surface area (Å²) in [4.78, 5) is 24.6. The Morgan fingerprint density at radius 2 is 1.64 bits per heavy atom. The summed E-state index contributed by atoms with van der Waals surface area (Å²) >= 11 is 0. The van der Waals surface area contributed by atoms with Gasteiger partial charge in [0.15, 0.2) is 0 Å². The van der Waals surface area contributed by atoms with Crippen LogP contribution in [0.2, 0.25) is 0 Å². The lowest BCUT2D eigenvalue weighted by atomic mass is 10.0. The number of fused-ring (bicyclic) bond motifs is 1. The molecule has 1 heterocycles. The van der Waals surface area contributed by atoms with Crippen LogP contribution in [-0.2, 0) is 12.1 Å². The lowest BCUT2D eigenvalue weighted by molar-refractivity contribution is 0.0696. The Kier molecular flexibility index (Phi) is 14.3. The first-order valence-corrected chi connectivity index (χ1v) is 14.1. The molecule has 0 saturated heterocycles. The lowest BCUT2D eigenvalue weighted by Gasteiger charge is -2.19. The summed E-state index contributed by atoms with van der Waals surface area (Å²) in [7, 11) is 0. The Morgan fingerprint density at radius 3 is 2.18 bits per heavy atom. The zero-order valence-corrected chi connectivity index (χ0v) is 24.8. The average molecular weight is 531 g/mol. The molecule has 1 fully saturated rings. The van der Waals surface area contributed by atoms with Crippen molar-refractivity contribution in [3.05, 3.63) is 108 Å². The Balaban J connectivity index is 0.00000119. The maximum absolute atomic E-state index is 13.4. The SMILES string of the molecule is C=CC/C=C(\C=C/C)Cn1ccc2cccc(C(=O)NC3(c4ccc(C(=O)O)cc4)CC3)c21.CC.CC.CC. The molecule has 210 valence electrons. The second kappa shape index (κ2) is 16.9. The van der Waals surface area contributed by atoms with E-state index in [1.165, 1.54) is 0 Å². The highest BCUT2D eigenvalue weighted by atomic mass is 16.4. The van der Waals surface area contributed by atoms with E-state index < -0.39 is 11.5 Å². The van der Waals surface area contributed by atoms with Gasteiger partial charge in [-0.15, -0.1) is 6.58 Å². The van der Waals surface area contributed by atoms with E-state index in [1.54, 1.807) is 24.3 Å². The van der Waals surface area contributed by atoms with Crippen molar-refractivity contribution in [3.63, 3.8) is 0 Å². The van der Waals surface area contributed by atoms with Gasteiger partial charge in [-0.3, -0.25) is 4.79 Å². The summed E-state index contributed by atoms with van der Waals surface area (Å²) in [6, 6.07) is 14.6. The van der Waals surface area contributed by atoms with Crippen LogP contribution < -0.4 is 5.32 Å². The van der Waals surface area contributed by atoms with Crippen molar-refractivity contribution in [1.82, 2.24) is 9.88 Å². The minimum Gasteiger partial charge on any atom is -0.478 e. The van der Waals surface area contributed by atoms with Crippen LogP contribution in [0, 0.1) is 0 Å². The Labute approximate surface area is 234 Å². The summed E-state index contributed by atoms with van der Waals surface area (Å²) in [6.07, 6.45) is 12.6. The van der Waals surface area contributed by atoms with Crippen LogP contribution >= 0.6 is 0 Å². The summed E-state index contributed by atoms with van der Waals surface area (Å²) in [5.74, 6) is -1.08. The fraction of sp³-hybridized carbons (Fsp3) is 0.353. The molecule has 1 aliphatic rings. The maximum Gasteiger partial charge on any atom is 0.335 e. The van der Waals surface area contributed by atoms with Crippen molar-refractivity contribution in [2.75, 3.05) is 0 Å². The van der Waals surface area contributed by atoms with E-state index in [0.717, 1.165) is 41.3 Å². The number of allylic oxidation sites excluding steroid dienone is 5. The van der Waals surface area contributed by atoms with Gasteiger partial charge in [0.2, 0.25) is 0 Å². The van der Waals surface area contributed by atoms with E-state index in [9.17, 15) is 9.59 Å². The number of nitrogens with zero attached hydrogens (tertiary/aromatic N) is 1. The topological polar surface area (TPSA) is 71.3 Å². The summed E-state index contributed by atoms with van der Waals surface area (Å²) in [6.45, 7) is 18.5. The number of carbonyl (C=O) groups excluding carboxylic acids is 1. The molecule has 5 nitrogen and oxygen atoms in total. The molecule has 0 radical (unpaired) electrons. The van der Waals surface area contributed by atoms with Gasteiger partial charge in [0.05, 0.1) is 22.2 Å². The largest absolute Gasteiger partial charge is 0.478 e. The van der Waals surface area contributed by atoms with Crippen LogP contribution in [-0.4, -0.2) is 21.6 Å². The van der Waals surface area contributed by atoms with E-state index in [4.69, 9.17) is 5.11 Å². The number of rotatable bonds is 9. The van der Waals surface area contributed by atoms with Gasteiger partial charge in [-0.1, -0.05) is 90.1 Å². The van der Waals surface area contributed by atoms with Crippen molar-refractivity contribution < 1.29 is 14.7 Å². The van der Waals surface area contributed by atoms with Crippen LogP contribution in [0.4, 0.5) is 0 Å². The zero-order chi connectivity index (χ0) is 29.4. The number of nitrogens with one attached hydrogen (secondary N) is 1. The molecule has 2 aromatic carbocycles.